The van der Waals surface area contributed by atoms with Gasteiger partial charge in [0, 0.05) is 9.35 Å². The summed E-state index contributed by atoms with van der Waals surface area (Å²) in [4.78, 5) is 33.6. The number of fused-ring (bicyclic) bond motifs is 4. The number of thiophene rings is 1. The van der Waals surface area contributed by atoms with Crippen LogP contribution in [0.1, 0.15) is 35.8 Å². The van der Waals surface area contributed by atoms with Gasteiger partial charge in [-0.05, 0) is 84.8 Å². The minimum Gasteiger partial charge on any atom is -0.272 e. The SMILES string of the molecule is CC(=NNC(=O)CSc1nc2sc3c(c2c(=O)n1-c1ccc(Br)cc1)CCCC3)c1ccc2ccccc2c1. The lowest BCUT2D eigenvalue weighted by atomic mass is 9.97. The summed E-state index contributed by atoms with van der Waals surface area (Å²) < 4.78 is 2.56. The topological polar surface area (TPSA) is 76.3 Å². The Morgan fingerprint density at radius 1 is 1.08 bits per heavy atom. The second-order valence-corrected chi connectivity index (χ2v) is 12.4. The van der Waals surface area contributed by atoms with E-state index < -0.39 is 0 Å². The van der Waals surface area contributed by atoms with Crippen LogP contribution in [-0.2, 0) is 17.6 Å². The molecule has 0 aliphatic heterocycles. The molecule has 0 radical (unpaired) electrons. The van der Waals surface area contributed by atoms with Crippen LogP contribution in [0, 0.1) is 0 Å². The largest absolute Gasteiger partial charge is 0.272 e. The van der Waals surface area contributed by atoms with Gasteiger partial charge in [0.05, 0.1) is 22.5 Å². The number of benzene rings is 3. The number of nitrogens with zero attached hydrogens (tertiary/aromatic N) is 3. The summed E-state index contributed by atoms with van der Waals surface area (Å²) in [5, 5.41) is 7.82. The van der Waals surface area contributed by atoms with Crippen LogP contribution >= 0.6 is 39.0 Å². The first-order chi connectivity index (χ1) is 19.0. The molecule has 0 saturated carbocycles. The summed E-state index contributed by atoms with van der Waals surface area (Å²) in [6.07, 6.45) is 4.14. The quantitative estimate of drug-likeness (QED) is 0.0977. The highest BCUT2D eigenvalue weighted by molar-refractivity contribution is 9.10. The summed E-state index contributed by atoms with van der Waals surface area (Å²) in [5.74, 6) is -0.184. The number of carbonyl (C=O) groups is 1. The molecule has 1 aliphatic rings. The lowest BCUT2D eigenvalue weighted by molar-refractivity contribution is -0.118. The molecule has 1 amide bonds. The van der Waals surface area contributed by atoms with Crippen molar-refractivity contribution in [2.24, 2.45) is 5.10 Å². The van der Waals surface area contributed by atoms with Gasteiger partial charge in [0.25, 0.3) is 11.5 Å². The molecular weight excluding hydrogens is 592 g/mol. The van der Waals surface area contributed by atoms with E-state index in [0.717, 1.165) is 73.7 Å². The number of rotatable bonds is 6. The van der Waals surface area contributed by atoms with Gasteiger partial charge >= 0.3 is 0 Å². The fraction of sp³-hybridized carbons (Fsp3) is 0.200. The smallest absolute Gasteiger partial charge is 0.267 e. The molecule has 0 bridgehead atoms. The van der Waals surface area contributed by atoms with E-state index in [9.17, 15) is 9.59 Å². The standard InChI is InChI=1S/C30H25BrN4O2S2/c1-18(20-11-10-19-6-2-3-7-21(19)16-20)33-34-26(36)17-38-30-32-28-27(24-8-4-5-9-25(24)39-28)29(37)35(30)23-14-12-22(31)13-15-23/h2-3,6-7,10-16H,4-5,8-9,17H2,1H3,(H,34,36). The van der Waals surface area contributed by atoms with Gasteiger partial charge < -0.3 is 0 Å². The highest BCUT2D eigenvalue weighted by atomic mass is 79.9. The second-order valence-electron chi connectivity index (χ2n) is 9.49. The molecule has 0 spiro atoms. The molecule has 9 heteroatoms. The molecule has 2 aromatic heterocycles. The number of amides is 1. The van der Waals surface area contributed by atoms with Gasteiger partial charge in [-0.1, -0.05) is 64.1 Å². The fourth-order valence-electron chi connectivity index (χ4n) is 4.89. The van der Waals surface area contributed by atoms with Crippen molar-refractivity contribution in [2.75, 3.05) is 5.75 Å². The summed E-state index contributed by atoms with van der Waals surface area (Å²) in [6.45, 7) is 1.87. The van der Waals surface area contributed by atoms with Crippen molar-refractivity contribution in [3.05, 3.63) is 97.6 Å². The average molecular weight is 618 g/mol. The van der Waals surface area contributed by atoms with Crippen molar-refractivity contribution in [1.29, 1.82) is 0 Å². The van der Waals surface area contributed by atoms with Crippen LogP contribution in [0.3, 0.4) is 0 Å². The van der Waals surface area contributed by atoms with Gasteiger partial charge in [-0.2, -0.15) is 5.10 Å². The van der Waals surface area contributed by atoms with Crippen molar-refractivity contribution in [2.45, 2.75) is 37.8 Å². The van der Waals surface area contributed by atoms with Gasteiger partial charge in [-0.25, -0.2) is 10.4 Å². The Hall–Kier alpha value is -3.27. The molecular formula is C30H25BrN4O2S2. The monoisotopic (exact) mass is 616 g/mol. The van der Waals surface area contributed by atoms with Crippen LogP contribution in [-0.4, -0.2) is 26.9 Å². The Morgan fingerprint density at radius 2 is 1.85 bits per heavy atom. The fourth-order valence-corrected chi connectivity index (χ4v) is 7.26. The molecule has 0 atom stereocenters. The van der Waals surface area contributed by atoms with E-state index in [1.165, 1.54) is 16.6 Å². The van der Waals surface area contributed by atoms with Crippen LogP contribution in [0.4, 0.5) is 0 Å². The Labute approximate surface area is 242 Å². The minimum absolute atomic E-state index is 0.0743. The van der Waals surface area contributed by atoms with E-state index in [0.29, 0.717) is 5.16 Å². The number of halogens is 1. The third-order valence-corrected chi connectivity index (χ3v) is 9.54. The maximum absolute atomic E-state index is 13.9. The zero-order valence-electron chi connectivity index (χ0n) is 21.2. The Bertz CT molecular complexity index is 1810. The van der Waals surface area contributed by atoms with Crippen LogP contribution < -0.4 is 11.0 Å². The van der Waals surface area contributed by atoms with Crippen molar-refractivity contribution in [3.8, 4) is 5.69 Å². The predicted molar refractivity (Wildman–Crippen MR) is 165 cm³/mol. The molecule has 1 aliphatic carbocycles. The van der Waals surface area contributed by atoms with Crippen LogP contribution in [0.15, 0.2) is 86.3 Å². The number of hydrazone groups is 1. The molecule has 0 saturated heterocycles. The summed E-state index contributed by atoms with van der Waals surface area (Å²) in [7, 11) is 0. The molecule has 0 unspecified atom stereocenters. The third kappa shape index (κ3) is 5.31. The zero-order valence-corrected chi connectivity index (χ0v) is 24.5. The molecule has 39 heavy (non-hydrogen) atoms. The van der Waals surface area contributed by atoms with Gasteiger partial charge in [0.2, 0.25) is 0 Å². The maximum Gasteiger partial charge on any atom is 0.267 e. The molecule has 3 aromatic carbocycles. The van der Waals surface area contributed by atoms with E-state index in [1.54, 1.807) is 15.9 Å². The number of nitrogens with one attached hydrogen (secondary N) is 1. The summed E-state index contributed by atoms with van der Waals surface area (Å²) >= 11 is 6.33. The normalized spacial score (nSPS) is 13.5. The van der Waals surface area contributed by atoms with Gasteiger partial charge in [0.15, 0.2) is 5.16 Å². The molecule has 5 aromatic rings. The number of thioether (sulfide) groups is 1. The first-order valence-corrected chi connectivity index (χ1v) is 15.4. The number of hydrogen-bond acceptors (Lipinski definition) is 6. The molecule has 2 heterocycles. The van der Waals surface area contributed by atoms with Crippen molar-refractivity contribution in [3.63, 3.8) is 0 Å². The number of aryl methyl sites for hydroxylation is 2. The van der Waals surface area contributed by atoms with E-state index in [4.69, 9.17) is 4.98 Å². The first kappa shape index (κ1) is 26.0. The van der Waals surface area contributed by atoms with E-state index >= 15 is 0 Å². The van der Waals surface area contributed by atoms with Gasteiger partial charge in [-0.3, -0.25) is 14.2 Å². The predicted octanol–water partition coefficient (Wildman–Crippen LogP) is 6.87. The molecule has 196 valence electrons. The Kier molecular flexibility index (Phi) is 7.38. The lowest BCUT2D eigenvalue weighted by Gasteiger charge is -2.13. The first-order valence-electron chi connectivity index (χ1n) is 12.8. The molecule has 0 fully saturated rings. The molecule has 6 rings (SSSR count). The van der Waals surface area contributed by atoms with Crippen LogP contribution in [0.25, 0.3) is 26.7 Å². The Balaban J connectivity index is 1.26. The highest BCUT2D eigenvalue weighted by Crippen LogP contribution is 2.35. The molecule has 6 nitrogen and oxygen atoms in total. The van der Waals surface area contributed by atoms with Gasteiger partial charge in [-0.15, -0.1) is 11.3 Å². The van der Waals surface area contributed by atoms with E-state index in [2.05, 4.69) is 44.7 Å². The average Bonchev–Trinajstić information content (AvgIpc) is 3.34. The van der Waals surface area contributed by atoms with E-state index in [-0.39, 0.29) is 17.2 Å². The van der Waals surface area contributed by atoms with Crippen molar-refractivity contribution in [1.82, 2.24) is 15.0 Å². The zero-order chi connectivity index (χ0) is 26.9. The summed E-state index contributed by atoms with van der Waals surface area (Å²) in [5.41, 5.74) is 6.13. The Morgan fingerprint density at radius 3 is 2.67 bits per heavy atom. The van der Waals surface area contributed by atoms with E-state index in [1.807, 2.05) is 55.5 Å². The maximum atomic E-state index is 13.9. The summed E-state index contributed by atoms with van der Waals surface area (Å²) in [6, 6.07) is 21.8. The number of hydrogen-bond donors (Lipinski definition) is 1. The highest BCUT2D eigenvalue weighted by Gasteiger charge is 2.23. The van der Waals surface area contributed by atoms with Crippen LogP contribution in [0.2, 0.25) is 0 Å². The number of aromatic nitrogens is 2. The molecule has 1 N–H and O–H groups in total. The minimum atomic E-state index is -0.262. The second kappa shape index (κ2) is 11.1. The van der Waals surface area contributed by atoms with Crippen molar-refractivity contribution < 1.29 is 4.79 Å². The van der Waals surface area contributed by atoms with Gasteiger partial charge in [0.1, 0.15) is 4.83 Å². The van der Waals surface area contributed by atoms with Crippen molar-refractivity contribution >= 4 is 71.6 Å². The third-order valence-electron chi connectivity index (χ3n) is 6.89. The lowest BCUT2D eigenvalue weighted by Crippen LogP contribution is -2.24. The van der Waals surface area contributed by atoms with Crippen LogP contribution in [0.5, 0.6) is 0 Å². The number of carbonyl (C=O) groups excluding carboxylic acids is 1.